The lowest BCUT2D eigenvalue weighted by Crippen LogP contribution is -2.18. The van der Waals surface area contributed by atoms with E-state index in [0.717, 1.165) is 45.9 Å². The fourth-order valence-electron chi connectivity index (χ4n) is 7.20. The van der Waals surface area contributed by atoms with Crippen molar-refractivity contribution in [1.82, 2.24) is 37.9 Å². The molecule has 13 nitrogen and oxygen atoms in total. The first-order valence-electron chi connectivity index (χ1n) is 18.9. The Morgan fingerprint density at radius 1 is 0.690 bits per heavy atom. The summed E-state index contributed by atoms with van der Waals surface area (Å²) in [5.41, 5.74) is 19.3. The second-order valence-corrected chi connectivity index (χ2v) is 14.5. The lowest BCUT2D eigenvalue weighted by molar-refractivity contribution is 0.0986. The maximum Gasteiger partial charge on any atom is 0.267 e. The third-order valence-electron chi connectivity index (χ3n) is 10.4. The van der Waals surface area contributed by atoms with Crippen LogP contribution in [0.4, 0.5) is 8.78 Å². The van der Waals surface area contributed by atoms with E-state index in [-0.39, 0.29) is 17.3 Å². The number of aliphatic hydroxyl groups is 1. The van der Waals surface area contributed by atoms with Gasteiger partial charge in [-0.15, -0.1) is 0 Å². The van der Waals surface area contributed by atoms with E-state index in [1.165, 1.54) is 55.9 Å². The van der Waals surface area contributed by atoms with Gasteiger partial charge in [-0.25, -0.2) is 28.7 Å². The van der Waals surface area contributed by atoms with Crippen LogP contribution in [0.15, 0.2) is 110 Å². The van der Waals surface area contributed by atoms with E-state index in [1.807, 2.05) is 35.3 Å². The zero-order valence-electron chi connectivity index (χ0n) is 31.5. The highest BCUT2D eigenvalue weighted by Gasteiger charge is 2.23. The van der Waals surface area contributed by atoms with Crippen molar-refractivity contribution in [1.29, 1.82) is 0 Å². The summed E-state index contributed by atoms with van der Waals surface area (Å²) in [6, 6.07) is 20.0. The van der Waals surface area contributed by atoms with E-state index < -0.39 is 17.9 Å². The lowest BCUT2D eigenvalue weighted by Gasteiger charge is -2.26. The third kappa shape index (κ3) is 7.59. The molecule has 2 amide bonds. The van der Waals surface area contributed by atoms with Gasteiger partial charge in [-0.1, -0.05) is 6.42 Å². The number of benzene rings is 2. The largest absolute Gasteiger partial charge is 0.393 e. The number of aliphatic hydroxyl groups excluding tert-OH is 1. The number of imidazole rings is 4. The number of rotatable bonds is 11. The number of carbonyl (C=O) groups excluding carboxylic acids is 2. The summed E-state index contributed by atoms with van der Waals surface area (Å²) in [4.78, 5) is 41.1. The molecule has 1 unspecified atom stereocenters. The van der Waals surface area contributed by atoms with Crippen LogP contribution in [0.1, 0.15) is 53.6 Å². The summed E-state index contributed by atoms with van der Waals surface area (Å²) in [5, 5.41) is 9.70. The van der Waals surface area contributed by atoms with E-state index in [9.17, 15) is 23.5 Å². The van der Waals surface area contributed by atoms with Gasteiger partial charge in [0.15, 0.2) is 0 Å². The first-order chi connectivity index (χ1) is 28.0. The molecule has 1 atom stereocenters. The summed E-state index contributed by atoms with van der Waals surface area (Å²) in [5.74, 6) is -1.07. The minimum absolute atomic E-state index is 0.278. The fourth-order valence-corrected chi connectivity index (χ4v) is 7.20. The van der Waals surface area contributed by atoms with Crippen LogP contribution in [0.3, 0.4) is 0 Å². The summed E-state index contributed by atoms with van der Waals surface area (Å²) in [6.07, 6.45) is 13.9. The second kappa shape index (κ2) is 15.9. The van der Waals surface area contributed by atoms with Crippen molar-refractivity contribution in [2.24, 2.45) is 17.4 Å². The molecule has 9 rings (SSSR count). The number of nitrogens with two attached hydrogens (primary N) is 2. The Balaban J connectivity index is 0.000000162. The molecule has 1 aliphatic carbocycles. The smallest absolute Gasteiger partial charge is 0.267 e. The molecular formula is C43H40F2N10O3. The molecular weight excluding hydrogens is 743 g/mol. The molecule has 5 N–H and O–H groups in total. The standard InChI is InChI=1S/C22H20FN5O.C21H20FN5O2/c23-17-7-4-15(5-8-17)20-21(27(13-26-20)11-14-2-1-3-14)16-6-9-19-25-10-18(22(24)29)28(19)12-16;1-13(28)8-9-26-12-25-19(14-2-5-16(22)6-3-14)20(26)15-4-7-18-24-10-17(21(23)29)27(18)11-15/h4-10,12-14H,1-3,11H2,(H2,24,29);2-7,10-13,28H,8-9H2,1H3,(H2,23,29). The van der Waals surface area contributed by atoms with Crippen LogP contribution >= 0.6 is 0 Å². The molecule has 0 radical (unpaired) electrons. The Morgan fingerprint density at radius 2 is 1.14 bits per heavy atom. The minimum atomic E-state index is -0.573. The number of primary amides is 2. The number of fused-ring (bicyclic) bond motifs is 2. The van der Waals surface area contributed by atoms with E-state index in [1.54, 1.807) is 58.6 Å². The minimum Gasteiger partial charge on any atom is -0.393 e. The first-order valence-corrected chi connectivity index (χ1v) is 18.9. The molecule has 0 saturated heterocycles. The van der Waals surface area contributed by atoms with Gasteiger partial charge in [0.05, 0.1) is 53.9 Å². The summed E-state index contributed by atoms with van der Waals surface area (Å²) < 4.78 is 34.3. The Kier molecular flexibility index (Phi) is 10.4. The van der Waals surface area contributed by atoms with Gasteiger partial charge in [-0.2, -0.15) is 0 Å². The van der Waals surface area contributed by atoms with Crippen molar-refractivity contribution in [2.45, 2.75) is 51.8 Å². The van der Waals surface area contributed by atoms with E-state index in [2.05, 4.69) is 24.5 Å². The predicted molar refractivity (Wildman–Crippen MR) is 214 cm³/mol. The van der Waals surface area contributed by atoms with Crippen molar-refractivity contribution in [3.63, 3.8) is 0 Å². The van der Waals surface area contributed by atoms with Crippen molar-refractivity contribution < 1.29 is 23.5 Å². The molecule has 0 bridgehead atoms. The van der Waals surface area contributed by atoms with Crippen LogP contribution in [0.2, 0.25) is 0 Å². The van der Waals surface area contributed by atoms with Gasteiger partial charge in [-0.05, 0) is 105 Å². The molecule has 1 aliphatic rings. The van der Waals surface area contributed by atoms with Crippen LogP contribution < -0.4 is 11.5 Å². The van der Waals surface area contributed by atoms with E-state index in [0.29, 0.717) is 41.6 Å². The number of carbonyl (C=O) groups is 2. The number of hydrogen-bond donors (Lipinski definition) is 3. The van der Waals surface area contributed by atoms with Gasteiger partial charge >= 0.3 is 0 Å². The molecule has 0 aliphatic heterocycles. The third-order valence-corrected chi connectivity index (χ3v) is 10.4. The van der Waals surface area contributed by atoms with Crippen molar-refractivity contribution in [2.75, 3.05) is 0 Å². The maximum atomic E-state index is 13.4. The lowest BCUT2D eigenvalue weighted by atomic mass is 9.85. The van der Waals surface area contributed by atoms with Gasteiger partial charge in [-0.3, -0.25) is 18.4 Å². The Morgan fingerprint density at radius 3 is 1.57 bits per heavy atom. The van der Waals surface area contributed by atoms with Crippen LogP contribution in [0.25, 0.3) is 56.3 Å². The Labute approximate surface area is 331 Å². The topological polar surface area (TPSA) is 177 Å². The highest BCUT2D eigenvalue weighted by molar-refractivity contribution is 5.93. The predicted octanol–water partition coefficient (Wildman–Crippen LogP) is 6.78. The molecule has 1 saturated carbocycles. The Bertz CT molecular complexity index is 2760. The monoisotopic (exact) mass is 782 g/mol. The van der Waals surface area contributed by atoms with Gasteiger partial charge in [0.2, 0.25) is 0 Å². The molecule has 15 heteroatoms. The van der Waals surface area contributed by atoms with Crippen molar-refractivity contribution >= 4 is 23.1 Å². The van der Waals surface area contributed by atoms with Crippen molar-refractivity contribution in [3.05, 3.63) is 133 Å². The van der Waals surface area contributed by atoms with Crippen LogP contribution in [0.5, 0.6) is 0 Å². The molecule has 6 aromatic heterocycles. The molecule has 1 fully saturated rings. The number of nitrogens with zero attached hydrogens (tertiary/aromatic N) is 8. The van der Waals surface area contributed by atoms with Gasteiger partial charge in [0, 0.05) is 47.7 Å². The summed E-state index contributed by atoms with van der Waals surface area (Å²) >= 11 is 0. The van der Waals surface area contributed by atoms with Gasteiger partial charge < -0.3 is 25.7 Å². The molecule has 8 aromatic rings. The number of aromatic nitrogens is 8. The highest BCUT2D eigenvalue weighted by atomic mass is 19.1. The molecule has 294 valence electrons. The zero-order valence-corrected chi connectivity index (χ0v) is 31.5. The molecule has 6 heterocycles. The van der Waals surface area contributed by atoms with Crippen LogP contribution in [-0.4, -0.2) is 60.9 Å². The SMILES string of the molecule is CC(O)CCn1cnc(-c2ccc(F)cc2)c1-c1ccc2ncc(C(N)=O)n2c1.NC(=O)c1cnc2ccc(-c3c(-c4ccc(F)cc4)ncn3CC3CCC3)cn12. The van der Waals surface area contributed by atoms with Gasteiger partial charge in [0.1, 0.15) is 34.3 Å². The molecule has 58 heavy (non-hydrogen) atoms. The fraction of sp³-hybridized carbons (Fsp3) is 0.209. The van der Waals surface area contributed by atoms with Crippen LogP contribution in [-0.2, 0) is 13.1 Å². The quantitative estimate of drug-likeness (QED) is 0.130. The number of pyridine rings is 2. The number of halogens is 2. The summed E-state index contributed by atoms with van der Waals surface area (Å²) in [6.45, 7) is 3.16. The Hall–Kier alpha value is -7.00. The molecule has 0 spiro atoms. The van der Waals surface area contributed by atoms with Gasteiger partial charge in [0.25, 0.3) is 11.8 Å². The number of aryl methyl sites for hydroxylation is 1. The number of hydrogen-bond acceptors (Lipinski definition) is 7. The normalized spacial score (nSPS) is 13.3. The second-order valence-electron chi connectivity index (χ2n) is 14.5. The zero-order chi connectivity index (χ0) is 40.5. The average Bonchev–Trinajstić information content (AvgIpc) is 4.00. The first kappa shape index (κ1) is 37.9. The summed E-state index contributed by atoms with van der Waals surface area (Å²) in [7, 11) is 0. The van der Waals surface area contributed by atoms with E-state index in [4.69, 9.17) is 11.5 Å². The highest BCUT2D eigenvalue weighted by Crippen LogP contribution is 2.36. The number of amides is 2. The average molecular weight is 783 g/mol. The van der Waals surface area contributed by atoms with Crippen molar-refractivity contribution in [3.8, 4) is 45.0 Å². The molecule has 2 aromatic carbocycles. The van der Waals surface area contributed by atoms with Crippen LogP contribution in [0, 0.1) is 17.6 Å². The van der Waals surface area contributed by atoms with E-state index >= 15 is 0 Å². The maximum absolute atomic E-state index is 13.4.